The molecule has 17 heavy (non-hydrogen) atoms. The van der Waals surface area contributed by atoms with Crippen molar-refractivity contribution in [2.24, 2.45) is 0 Å². The van der Waals surface area contributed by atoms with Crippen molar-refractivity contribution in [2.45, 2.75) is 11.4 Å². The summed E-state index contributed by atoms with van der Waals surface area (Å²) in [5.74, 6) is 0. The Hall–Kier alpha value is -1.59. The molecule has 1 N–H and O–H groups in total. The highest BCUT2D eigenvalue weighted by molar-refractivity contribution is 7.89. The Balaban J connectivity index is 1.95. The molecule has 0 fully saturated rings. The van der Waals surface area contributed by atoms with E-state index in [1.807, 2.05) is 29.1 Å². The van der Waals surface area contributed by atoms with Crippen molar-refractivity contribution in [3.05, 3.63) is 54.9 Å². The Morgan fingerprint density at radius 2 is 1.65 bits per heavy atom. The van der Waals surface area contributed by atoms with Gasteiger partial charge < -0.3 is 4.57 Å². The second-order valence-corrected chi connectivity index (χ2v) is 5.40. The summed E-state index contributed by atoms with van der Waals surface area (Å²) in [6.07, 6.45) is 3.80. The lowest BCUT2D eigenvalue weighted by atomic mass is 10.4. The van der Waals surface area contributed by atoms with Crippen LogP contribution in [0.4, 0.5) is 0 Å². The molecule has 4 nitrogen and oxygen atoms in total. The zero-order valence-corrected chi connectivity index (χ0v) is 10.1. The van der Waals surface area contributed by atoms with Gasteiger partial charge in [-0.05, 0) is 24.3 Å². The molecule has 1 aromatic carbocycles. The van der Waals surface area contributed by atoms with E-state index >= 15 is 0 Å². The lowest BCUT2D eigenvalue weighted by Gasteiger charge is -2.07. The summed E-state index contributed by atoms with van der Waals surface area (Å²) in [7, 11) is -3.38. The first-order chi connectivity index (χ1) is 8.18. The van der Waals surface area contributed by atoms with Crippen LogP contribution in [0.15, 0.2) is 59.8 Å². The predicted octanol–water partition coefficient (Wildman–Crippen LogP) is 1.47. The van der Waals surface area contributed by atoms with E-state index in [1.165, 1.54) is 0 Å². The van der Waals surface area contributed by atoms with E-state index < -0.39 is 10.0 Å². The van der Waals surface area contributed by atoms with Crippen LogP contribution in [0, 0.1) is 0 Å². The third-order valence-electron chi connectivity index (χ3n) is 2.38. The molecule has 2 rings (SSSR count). The van der Waals surface area contributed by atoms with Crippen molar-refractivity contribution in [3.8, 4) is 0 Å². The Morgan fingerprint density at radius 3 is 2.29 bits per heavy atom. The molecule has 0 atom stereocenters. The van der Waals surface area contributed by atoms with Crippen LogP contribution in [-0.4, -0.2) is 19.5 Å². The molecule has 0 aliphatic heterocycles. The van der Waals surface area contributed by atoms with Crippen LogP contribution in [0.5, 0.6) is 0 Å². The van der Waals surface area contributed by atoms with Crippen LogP contribution in [0.3, 0.4) is 0 Å². The molecule has 5 heteroatoms. The number of nitrogens with one attached hydrogen (secondary N) is 1. The lowest BCUT2D eigenvalue weighted by molar-refractivity contribution is 0.573. The molecule has 0 radical (unpaired) electrons. The van der Waals surface area contributed by atoms with Crippen molar-refractivity contribution in [1.82, 2.24) is 9.29 Å². The minimum atomic E-state index is -3.38. The summed E-state index contributed by atoms with van der Waals surface area (Å²) < 4.78 is 28.2. The van der Waals surface area contributed by atoms with E-state index in [-0.39, 0.29) is 0 Å². The average Bonchev–Trinajstić information content (AvgIpc) is 2.83. The van der Waals surface area contributed by atoms with Crippen molar-refractivity contribution in [3.63, 3.8) is 0 Å². The number of nitrogens with zero attached hydrogens (tertiary/aromatic N) is 1. The van der Waals surface area contributed by atoms with Gasteiger partial charge in [-0.25, -0.2) is 13.1 Å². The maximum absolute atomic E-state index is 11.8. The third-order valence-corrected chi connectivity index (χ3v) is 3.86. The minimum Gasteiger partial charge on any atom is -0.353 e. The van der Waals surface area contributed by atoms with E-state index in [0.717, 1.165) is 0 Å². The van der Waals surface area contributed by atoms with E-state index in [1.54, 1.807) is 30.3 Å². The Kier molecular flexibility index (Phi) is 3.61. The molecule has 2 aromatic rings. The molecular weight excluding hydrogens is 236 g/mol. The van der Waals surface area contributed by atoms with Crippen LogP contribution in [0.25, 0.3) is 0 Å². The first-order valence-electron chi connectivity index (χ1n) is 5.34. The SMILES string of the molecule is O=S(=O)(NCCn1cccc1)c1ccccc1. The number of aromatic nitrogens is 1. The first kappa shape index (κ1) is 11.9. The molecule has 0 spiro atoms. The lowest BCUT2D eigenvalue weighted by Crippen LogP contribution is -2.27. The fraction of sp³-hybridized carbons (Fsp3) is 0.167. The zero-order chi connectivity index (χ0) is 12.1. The Morgan fingerprint density at radius 1 is 1.00 bits per heavy atom. The maximum atomic E-state index is 11.8. The molecule has 0 amide bonds. The largest absolute Gasteiger partial charge is 0.353 e. The fourth-order valence-corrected chi connectivity index (χ4v) is 2.55. The number of benzene rings is 1. The second kappa shape index (κ2) is 5.16. The van der Waals surface area contributed by atoms with Crippen LogP contribution in [0.2, 0.25) is 0 Å². The van der Waals surface area contributed by atoms with Gasteiger partial charge in [-0.3, -0.25) is 0 Å². The second-order valence-electron chi connectivity index (χ2n) is 3.63. The highest BCUT2D eigenvalue weighted by Crippen LogP contribution is 2.06. The van der Waals surface area contributed by atoms with Gasteiger partial charge in [0, 0.05) is 25.5 Å². The summed E-state index contributed by atoms with van der Waals surface area (Å²) >= 11 is 0. The van der Waals surface area contributed by atoms with Gasteiger partial charge in [-0.1, -0.05) is 18.2 Å². The number of hydrogen-bond acceptors (Lipinski definition) is 2. The Bertz CT molecular complexity index is 547. The Labute approximate surface area is 101 Å². The number of hydrogen-bond donors (Lipinski definition) is 1. The zero-order valence-electron chi connectivity index (χ0n) is 9.28. The molecule has 0 aliphatic rings. The molecule has 0 bridgehead atoms. The topological polar surface area (TPSA) is 51.1 Å². The van der Waals surface area contributed by atoms with E-state index in [4.69, 9.17) is 0 Å². The summed E-state index contributed by atoms with van der Waals surface area (Å²) in [6, 6.07) is 12.2. The van der Waals surface area contributed by atoms with Crippen molar-refractivity contribution in [2.75, 3.05) is 6.54 Å². The highest BCUT2D eigenvalue weighted by atomic mass is 32.2. The summed E-state index contributed by atoms with van der Waals surface area (Å²) in [5, 5.41) is 0. The van der Waals surface area contributed by atoms with Crippen LogP contribution < -0.4 is 4.72 Å². The summed E-state index contributed by atoms with van der Waals surface area (Å²) in [6.45, 7) is 1.00. The third kappa shape index (κ3) is 3.18. The van der Waals surface area contributed by atoms with E-state index in [0.29, 0.717) is 18.0 Å². The minimum absolute atomic E-state index is 0.299. The van der Waals surface area contributed by atoms with E-state index in [2.05, 4.69) is 4.72 Å². The standard InChI is InChI=1S/C12H14N2O2S/c15-17(16,12-6-2-1-3-7-12)13-8-11-14-9-4-5-10-14/h1-7,9-10,13H,8,11H2. The normalized spacial score (nSPS) is 11.5. The molecule has 0 saturated heterocycles. The number of sulfonamides is 1. The first-order valence-corrected chi connectivity index (χ1v) is 6.82. The smallest absolute Gasteiger partial charge is 0.240 e. The van der Waals surface area contributed by atoms with Gasteiger partial charge in [0.15, 0.2) is 0 Å². The molecule has 0 saturated carbocycles. The quantitative estimate of drug-likeness (QED) is 0.873. The van der Waals surface area contributed by atoms with Gasteiger partial charge in [0.05, 0.1) is 4.90 Å². The predicted molar refractivity (Wildman–Crippen MR) is 66.1 cm³/mol. The molecule has 0 unspecified atom stereocenters. The summed E-state index contributed by atoms with van der Waals surface area (Å²) in [4.78, 5) is 0.299. The van der Waals surface area contributed by atoms with Gasteiger partial charge in [0.25, 0.3) is 0 Å². The van der Waals surface area contributed by atoms with Crippen LogP contribution in [0.1, 0.15) is 0 Å². The summed E-state index contributed by atoms with van der Waals surface area (Å²) in [5.41, 5.74) is 0. The molecule has 1 heterocycles. The van der Waals surface area contributed by atoms with Crippen molar-refractivity contribution in [1.29, 1.82) is 0 Å². The van der Waals surface area contributed by atoms with Gasteiger partial charge in [-0.2, -0.15) is 0 Å². The van der Waals surface area contributed by atoms with E-state index in [9.17, 15) is 8.42 Å². The van der Waals surface area contributed by atoms with Crippen molar-refractivity contribution >= 4 is 10.0 Å². The highest BCUT2D eigenvalue weighted by Gasteiger charge is 2.11. The molecular formula is C12H14N2O2S. The molecule has 1 aromatic heterocycles. The number of rotatable bonds is 5. The van der Waals surface area contributed by atoms with Gasteiger partial charge in [-0.15, -0.1) is 0 Å². The van der Waals surface area contributed by atoms with Gasteiger partial charge in [0.2, 0.25) is 10.0 Å². The maximum Gasteiger partial charge on any atom is 0.240 e. The molecule has 90 valence electrons. The van der Waals surface area contributed by atoms with Crippen LogP contribution >= 0.6 is 0 Å². The van der Waals surface area contributed by atoms with Gasteiger partial charge in [0.1, 0.15) is 0 Å². The van der Waals surface area contributed by atoms with Crippen molar-refractivity contribution < 1.29 is 8.42 Å². The van der Waals surface area contributed by atoms with Gasteiger partial charge >= 0.3 is 0 Å². The van der Waals surface area contributed by atoms with Crippen LogP contribution in [-0.2, 0) is 16.6 Å². The average molecular weight is 250 g/mol. The fourth-order valence-electron chi connectivity index (χ4n) is 1.51. The monoisotopic (exact) mass is 250 g/mol. The molecule has 0 aliphatic carbocycles.